The van der Waals surface area contributed by atoms with Crippen LogP contribution in [-0.4, -0.2) is 53.0 Å². The standard InChI is InChI=1S/C36H57B2FN2O5/c1-10-28(37-43-33(11-2,12-3)34(13-4,14-5)44-37)31(38-45-35(15-6,16-7)36(17-8,18-9)46-38)26-22-23-29-27(25-26)32(39)40-41(29)30-21-19-20-24-42-30/h22-23,25,30H,10-21,24H2,1-9H3/b31-28-. The summed E-state index contributed by atoms with van der Waals surface area (Å²) in [5.41, 5.74) is 1.73. The lowest BCUT2D eigenvalue weighted by Gasteiger charge is -2.42. The fourth-order valence-electron chi connectivity index (χ4n) is 9.17. The highest BCUT2D eigenvalue weighted by Gasteiger charge is 2.62. The number of fused-ring (bicyclic) bond motifs is 1. The van der Waals surface area contributed by atoms with Crippen molar-refractivity contribution in [2.45, 2.75) is 168 Å². The van der Waals surface area contributed by atoms with Gasteiger partial charge in [0.05, 0.1) is 33.3 Å². The summed E-state index contributed by atoms with van der Waals surface area (Å²) in [7, 11) is -1.23. The van der Waals surface area contributed by atoms with Gasteiger partial charge in [0.1, 0.15) is 0 Å². The van der Waals surface area contributed by atoms with E-state index in [0.29, 0.717) is 18.4 Å². The lowest BCUT2D eigenvalue weighted by atomic mass is 9.61. The second-order valence-corrected chi connectivity index (χ2v) is 13.5. The zero-order valence-electron chi connectivity index (χ0n) is 30.0. The Morgan fingerprint density at radius 2 is 1.26 bits per heavy atom. The Labute approximate surface area is 277 Å². The molecule has 1 unspecified atom stereocenters. The van der Waals surface area contributed by atoms with Crippen LogP contribution in [0.4, 0.5) is 4.39 Å². The largest absolute Gasteiger partial charge is 0.494 e. The predicted molar refractivity (Wildman–Crippen MR) is 185 cm³/mol. The number of hydrogen-bond donors (Lipinski definition) is 0. The van der Waals surface area contributed by atoms with Crippen LogP contribution in [0, 0.1) is 5.95 Å². The molecule has 0 saturated carbocycles. The average Bonchev–Trinajstić information content (AvgIpc) is 3.75. The van der Waals surface area contributed by atoms with E-state index in [2.05, 4.69) is 73.5 Å². The third kappa shape index (κ3) is 5.42. The van der Waals surface area contributed by atoms with Crippen molar-refractivity contribution in [1.29, 1.82) is 0 Å². The van der Waals surface area contributed by atoms with Gasteiger partial charge in [-0.3, -0.25) is 0 Å². The van der Waals surface area contributed by atoms with Gasteiger partial charge in [-0.2, -0.15) is 4.39 Å². The Bertz CT molecular complexity index is 1330. The molecule has 0 spiro atoms. The summed E-state index contributed by atoms with van der Waals surface area (Å²) < 4.78 is 51.8. The monoisotopic (exact) mass is 638 g/mol. The van der Waals surface area contributed by atoms with Gasteiger partial charge in [-0.15, -0.1) is 5.10 Å². The molecule has 3 fully saturated rings. The first-order valence-electron chi connectivity index (χ1n) is 18.4. The van der Waals surface area contributed by atoms with E-state index in [4.69, 9.17) is 23.4 Å². The molecule has 0 aliphatic carbocycles. The molecule has 7 nitrogen and oxygen atoms in total. The van der Waals surface area contributed by atoms with Crippen molar-refractivity contribution in [3.05, 3.63) is 35.2 Å². The molecule has 10 heteroatoms. The summed E-state index contributed by atoms with van der Waals surface area (Å²) >= 11 is 0. The SMILES string of the molecule is CC/C(B1OC(CC)(CC)C(CC)(CC)O1)=C(/B1OC(CC)(CC)C(CC)(CC)O1)c1ccc2c(c1)c(F)nn2C1CCCCO1. The first-order valence-corrected chi connectivity index (χ1v) is 18.4. The topological polar surface area (TPSA) is 64.0 Å². The van der Waals surface area contributed by atoms with Crippen LogP contribution in [0.25, 0.3) is 16.4 Å². The first-order chi connectivity index (χ1) is 22.2. The maximum absolute atomic E-state index is 15.7. The van der Waals surface area contributed by atoms with Gasteiger partial charge in [0, 0.05) is 6.61 Å². The molecular weight excluding hydrogens is 581 g/mol. The Kier molecular flexibility index (Phi) is 10.9. The van der Waals surface area contributed by atoms with Gasteiger partial charge in [-0.05, 0) is 106 Å². The van der Waals surface area contributed by atoms with Crippen molar-refractivity contribution >= 4 is 30.6 Å². The van der Waals surface area contributed by atoms with Crippen LogP contribution in [0.5, 0.6) is 0 Å². The Morgan fingerprint density at radius 1 is 0.761 bits per heavy atom. The highest BCUT2D eigenvalue weighted by Crippen LogP contribution is 2.52. The lowest BCUT2D eigenvalue weighted by Crippen LogP contribution is -2.50. The minimum absolute atomic E-state index is 0.258. The summed E-state index contributed by atoms with van der Waals surface area (Å²) in [5, 5.41) is 4.80. The first kappa shape index (κ1) is 35.6. The van der Waals surface area contributed by atoms with E-state index >= 15 is 4.39 Å². The maximum Gasteiger partial charge on any atom is 0.494 e. The molecule has 2 aromatic rings. The summed E-state index contributed by atoms with van der Waals surface area (Å²) in [4.78, 5) is 0. The number of ether oxygens (including phenoxy) is 1. The maximum atomic E-state index is 15.7. The molecule has 3 aliphatic heterocycles. The van der Waals surface area contributed by atoms with Crippen molar-refractivity contribution < 1.29 is 27.7 Å². The molecule has 3 aliphatic rings. The third-order valence-corrected chi connectivity index (χ3v) is 12.2. The molecule has 0 N–H and O–H groups in total. The van der Waals surface area contributed by atoms with Crippen molar-refractivity contribution in [2.24, 2.45) is 0 Å². The van der Waals surface area contributed by atoms with Gasteiger partial charge in [0.2, 0.25) is 5.95 Å². The van der Waals surface area contributed by atoms with Gasteiger partial charge < -0.3 is 23.4 Å². The molecule has 4 heterocycles. The van der Waals surface area contributed by atoms with Crippen molar-refractivity contribution in [2.75, 3.05) is 6.61 Å². The van der Waals surface area contributed by atoms with Gasteiger partial charge in [-0.25, -0.2) is 4.68 Å². The number of hydrogen-bond acceptors (Lipinski definition) is 6. The highest BCUT2D eigenvalue weighted by molar-refractivity contribution is 6.74. The van der Waals surface area contributed by atoms with Crippen LogP contribution in [0.15, 0.2) is 23.7 Å². The van der Waals surface area contributed by atoms with E-state index in [9.17, 15) is 0 Å². The lowest BCUT2D eigenvalue weighted by molar-refractivity contribution is -0.0601. The molecule has 5 rings (SSSR count). The van der Waals surface area contributed by atoms with E-state index in [1.807, 2.05) is 12.1 Å². The fraction of sp³-hybridized carbons (Fsp3) is 0.750. The third-order valence-electron chi connectivity index (χ3n) is 12.2. The predicted octanol–water partition coefficient (Wildman–Crippen LogP) is 9.42. The Balaban J connectivity index is 1.71. The second-order valence-electron chi connectivity index (χ2n) is 13.5. The molecule has 0 amide bonds. The number of nitrogens with zero attached hydrogens (tertiary/aromatic N) is 2. The molecule has 1 atom stereocenters. The molecule has 3 saturated heterocycles. The number of rotatable bonds is 13. The number of allylic oxidation sites excluding steroid dienone is 1. The second kappa shape index (κ2) is 14.0. The minimum atomic E-state index is -0.657. The zero-order chi connectivity index (χ0) is 33.3. The normalized spacial score (nSPS) is 24.2. The quantitative estimate of drug-likeness (QED) is 0.204. The number of benzene rings is 1. The van der Waals surface area contributed by atoms with E-state index in [0.717, 1.165) is 92.7 Å². The van der Waals surface area contributed by atoms with Crippen molar-refractivity contribution in [3.8, 4) is 0 Å². The van der Waals surface area contributed by atoms with E-state index in [1.165, 1.54) is 0 Å². The van der Waals surface area contributed by atoms with E-state index < -0.39 is 42.6 Å². The highest BCUT2D eigenvalue weighted by atomic mass is 19.1. The van der Waals surface area contributed by atoms with Crippen LogP contribution >= 0.6 is 0 Å². The summed E-state index contributed by atoms with van der Waals surface area (Å²) in [6.07, 6.45) is 10.0. The number of aromatic nitrogens is 2. The van der Waals surface area contributed by atoms with Crippen LogP contribution in [0.2, 0.25) is 0 Å². The molecule has 0 bridgehead atoms. The Hall–Kier alpha value is -1.71. The zero-order valence-corrected chi connectivity index (χ0v) is 30.0. The van der Waals surface area contributed by atoms with Crippen LogP contribution in [-0.2, 0) is 23.4 Å². The fourth-order valence-corrected chi connectivity index (χ4v) is 9.17. The van der Waals surface area contributed by atoms with Crippen LogP contribution < -0.4 is 0 Å². The summed E-state index contributed by atoms with van der Waals surface area (Å²) in [6.45, 7) is 20.4. The molecule has 1 aromatic heterocycles. The van der Waals surface area contributed by atoms with Gasteiger partial charge in [-0.1, -0.05) is 68.4 Å². The summed E-state index contributed by atoms with van der Waals surface area (Å²) in [6, 6.07) is 5.95. The molecule has 46 heavy (non-hydrogen) atoms. The Morgan fingerprint density at radius 3 is 1.70 bits per heavy atom. The van der Waals surface area contributed by atoms with Gasteiger partial charge in [0.25, 0.3) is 0 Å². The van der Waals surface area contributed by atoms with Gasteiger partial charge >= 0.3 is 14.2 Å². The summed E-state index contributed by atoms with van der Waals surface area (Å²) in [5.74, 6) is -0.495. The molecule has 254 valence electrons. The molecule has 0 radical (unpaired) electrons. The smallest absolute Gasteiger partial charge is 0.399 e. The van der Waals surface area contributed by atoms with Crippen molar-refractivity contribution in [3.63, 3.8) is 0 Å². The minimum Gasteiger partial charge on any atom is -0.399 e. The average molecular weight is 638 g/mol. The van der Waals surface area contributed by atoms with Gasteiger partial charge in [0.15, 0.2) is 6.23 Å². The van der Waals surface area contributed by atoms with E-state index in [1.54, 1.807) is 4.68 Å². The number of halogens is 1. The molecular formula is C36H57B2FN2O5. The van der Waals surface area contributed by atoms with Crippen LogP contribution in [0.3, 0.4) is 0 Å². The molecule has 1 aromatic carbocycles. The van der Waals surface area contributed by atoms with Crippen molar-refractivity contribution in [1.82, 2.24) is 9.78 Å². The van der Waals surface area contributed by atoms with E-state index in [-0.39, 0.29) is 6.23 Å². The van der Waals surface area contributed by atoms with Crippen LogP contribution in [0.1, 0.15) is 151 Å².